The number of ether oxygens (including phenoxy) is 3. The number of methoxy groups -OCH3 is 3. The summed E-state index contributed by atoms with van der Waals surface area (Å²) >= 11 is 0. The number of urea groups is 1. The second-order valence-electron chi connectivity index (χ2n) is 8.50. The number of rotatable bonds is 11. The average Bonchev–Trinajstić information content (AvgIpc) is 2.89. The van der Waals surface area contributed by atoms with Crippen molar-refractivity contribution in [3.8, 4) is 11.5 Å². The number of amides is 2. The molecule has 0 spiro atoms. The molecule has 0 saturated carbocycles. The first-order valence-electron chi connectivity index (χ1n) is 11.5. The topological polar surface area (TPSA) is 80.3 Å². The molecule has 34 heavy (non-hydrogen) atoms. The van der Waals surface area contributed by atoms with Gasteiger partial charge in [0.15, 0.2) is 0 Å². The van der Waals surface area contributed by atoms with Crippen molar-refractivity contribution >= 4 is 12.3 Å². The van der Waals surface area contributed by atoms with E-state index in [4.69, 9.17) is 14.2 Å². The van der Waals surface area contributed by atoms with Crippen LogP contribution in [0.25, 0.3) is 0 Å². The van der Waals surface area contributed by atoms with Gasteiger partial charge in [0.25, 0.3) is 0 Å². The van der Waals surface area contributed by atoms with Crippen LogP contribution in [-0.4, -0.2) is 75.2 Å². The van der Waals surface area contributed by atoms with Crippen molar-refractivity contribution in [3.63, 3.8) is 0 Å². The Balaban J connectivity index is 1.65. The van der Waals surface area contributed by atoms with Gasteiger partial charge in [-0.15, -0.1) is 0 Å². The maximum Gasteiger partial charge on any atom is 0.318 e. The van der Waals surface area contributed by atoms with E-state index < -0.39 is 5.54 Å². The summed E-state index contributed by atoms with van der Waals surface area (Å²) in [6, 6.07) is 15.3. The molecule has 1 heterocycles. The van der Waals surface area contributed by atoms with Crippen LogP contribution < -0.4 is 14.8 Å². The second kappa shape index (κ2) is 12.4. The van der Waals surface area contributed by atoms with Gasteiger partial charge >= 0.3 is 6.03 Å². The molecule has 1 saturated heterocycles. The molecule has 0 aromatic heterocycles. The first kappa shape index (κ1) is 25.5. The SMILES string of the molecule is COCCN(C(=O)NCc1cccc(OC)c1)C1(C=O)CCN(Cc2cccc(OC)c2)CC1. The number of aldehydes is 1. The van der Waals surface area contributed by atoms with Crippen LogP contribution in [0, 0.1) is 0 Å². The largest absolute Gasteiger partial charge is 0.497 e. The zero-order chi connectivity index (χ0) is 24.4. The molecule has 1 fully saturated rings. The standard InChI is InChI=1S/C26H35N3O5/c1-32-15-14-29(25(31)27-18-21-6-4-8-23(16-21)33-2)26(20-30)10-12-28(13-11-26)19-22-7-5-9-24(17-22)34-3/h4-9,16-17,20H,10-15,18-19H2,1-3H3,(H,27,31). The van der Waals surface area contributed by atoms with E-state index in [1.807, 2.05) is 42.5 Å². The normalized spacial score (nSPS) is 15.4. The molecule has 2 aromatic carbocycles. The third kappa shape index (κ3) is 6.48. The summed E-state index contributed by atoms with van der Waals surface area (Å²) < 4.78 is 15.8. The van der Waals surface area contributed by atoms with Gasteiger partial charge in [-0.1, -0.05) is 24.3 Å². The second-order valence-corrected chi connectivity index (χ2v) is 8.50. The highest BCUT2D eigenvalue weighted by Crippen LogP contribution is 2.29. The van der Waals surface area contributed by atoms with Crippen molar-refractivity contribution in [2.75, 3.05) is 47.6 Å². The molecule has 3 rings (SSSR count). The summed E-state index contributed by atoms with van der Waals surface area (Å²) in [5, 5.41) is 2.97. The Labute approximate surface area is 201 Å². The van der Waals surface area contributed by atoms with Gasteiger partial charge in [-0.05, 0) is 48.2 Å². The predicted molar refractivity (Wildman–Crippen MR) is 130 cm³/mol. The Hall–Kier alpha value is -3.10. The highest BCUT2D eigenvalue weighted by atomic mass is 16.5. The molecule has 8 heteroatoms. The number of carbonyl (C=O) groups is 2. The molecule has 2 aromatic rings. The lowest BCUT2D eigenvalue weighted by molar-refractivity contribution is -0.120. The van der Waals surface area contributed by atoms with E-state index in [1.165, 1.54) is 0 Å². The monoisotopic (exact) mass is 469 g/mol. The van der Waals surface area contributed by atoms with Crippen LogP contribution in [0.1, 0.15) is 24.0 Å². The van der Waals surface area contributed by atoms with Crippen LogP contribution in [0.15, 0.2) is 48.5 Å². The summed E-state index contributed by atoms with van der Waals surface area (Å²) in [5.74, 6) is 1.56. The molecule has 1 aliphatic heterocycles. The summed E-state index contributed by atoms with van der Waals surface area (Å²) in [6.45, 7) is 3.23. The smallest absolute Gasteiger partial charge is 0.318 e. The van der Waals surface area contributed by atoms with Crippen LogP contribution in [0.5, 0.6) is 11.5 Å². The van der Waals surface area contributed by atoms with Gasteiger partial charge < -0.3 is 29.2 Å². The molecule has 8 nitrogen and oxygen atoms in total. The fraction of sp³-hybridized carbons (Fsp3) is 0.462. The van der Waals surface area contributed by atoms with Gasteiger partial charge in [-0.2, -0.15) is 0 Å². The predicted octanol–water partition coefficient (Wildman–Crippen LogP) is 3.10. The van der Waals surface area contributed by atoms with E-state index >= 15 is 0 Å². The third-order valence-electron chi connectivity index (χ3n) is 6.36. The van der Waals surface area contributed by atoms with Crippen molar-refractivity contribution in [3.05, 3.63) is 59.7 Å². The van der Waals surface area contributed by atoms with E-state index in [0.717, 1.165) is 35.5 Å². The molecule has 0 atom stereocenters. The number of hydrogen-bond acceptors (Lipinski definition) is 6. The Morgan fingerprint density at radius 3 is 2.24 bits per heavy atom. The molecule has 0 unspecified atom stereocenters. The maximum atomic E-state index is 13.2. The molecule has 0 aliphatic carbocycles. The molecular formula is C26H35N3O5. The molecule has 184 valence electrons. The highest BCUT2D eigenvalue weighted by Gasteiger charge is 2.42. The van der Waals surface area contributed by atoms with Crippen LogP contribution in [0.3, 0.4) is 0 Å². The third-order valence-corrected chi connectivity index (χ3v) is 6.36. The van der Waals surface area contributed by atoms with Crippen LogP contribution in [0.4, 0.5) is 4.79 Å². The number of nitrogens with zero attached hydrogens (tertiary/aromatic N) is 2. The van der Waals surface area contributed by atoms with Crippen LogP contribution in [-0.2, 0) is 22.6 Å². The van der Waals surface area contributed by atoms with Gasteiger partial charge in [-0.3, -0.25) is 4.90 Å². The summed E-state index contributed by atoms with van der Waals surface area (Å²) in [5.41, 5.74) is 1.22. The minimum atomic E-state index is -0.859. The van der Waals surface area contributed by atoms with E-state index in [0.29, 0.717) is 45.6 Å². The summed E-state index contributed by atoms with van der Waals surface area (Å²) in [7, 11) is 4.86. The number of benzene rings is 2. The first-order valence-corrected chi connectivity index (χ1v) is 11.5. The lowest BCUT2D eigenvalue weighted by atomic mass is 9.87. The van der Waals surface area contributed by atoms with Gasteiger partial charge in [0.1, 0.15) is 23.3 Å². The van der Waals surface area contributed by atoms with Crippen molar-refractivity contribution < 1.29 is 23.8 Å². The van der Waals surface area contributed by atoms with Gasteiger partial charge in [0.2, 0.25) is 0 Å². The molecule has 1 aliphatic rings. The molecular weight excluding hydrogens is 434 g/mol. The first-order chi connectivity index (χ1) is 16.5. The number of carbonyl (C=O) groups excluding carboxylic acids is 2. The lowest BCUT2D eigenvalue weighted by Gasteiger charge is -2.45. The Morgan fingerprint density at radius 2 is 1.65 bits per heavy atom. The Bertz CT molecular complexity index is 944. The zero-order valence-corrected chi connectivity index (χ0v) is 20.3. The number of piperidine rings is 1. The maximum absolute atomic E-state index is 13.2. The molecule has 0 bridgehead atoms. The van der Waals surface area contributed by atoms with Gasteiger partial charge in [0.05, 0.1) is 20.8 Å². The van der Waals surface area contributed by atoms with Gasteiger partial charge in [-0.25, -0.2) is 4.79 Å². The van der Waals surface area contributed by atoms with Crippen molar-refractivity contribution in [1.82, 2.24) is 15.1 Å². The summed E-state index contributed by atoms with van der Waals surface area (Å²) in [4.78, 5) is 29.6. The lowest BCUT2D eigenvalue weighted by Crippen LogP contribution is -2.61. The molecule has 0 radical (unpaired) electrons. The van der Waals surface area contributed by atoms with Crippen molar-refractivity contribution in [2.24, 2.45) is 0 Å². The van der Waals surface area contributed by atoms with Gasteiger partial charge in [0, 0.05) is 39.8 Å². The highest BCUT2D eigenvalue weighted by molar-refractivity contribution is 5.80. The molecule has 2 amide bonds. The van der Waals surface area contributed by atoms with Crippen molar-refractivity contribution in [2.45, 2.75) is 31.5 Å². The van der Waals surface area contributed by atoms with E-state index in [-0.39, 0.29) is 6.03 Å². The quantitative estimate of drug-likeness (QED) is 0.510. The fourth-order valence-corrected chi connectivity index (χ4v) is 4.34. The van der Waals surface area contributed by atoms with Crippen LogP contribution in [0.2, 0.25) is 0 Å². The fourth-order valence-electron chi connectivity index (χ4n) is 4.34. The summed E-state index contributed by atoms with van der Waals surface area (Å²) in [6.07, 6.45) is 2.07. The number of hydrogen-bond donors (Lipinski definition) is 1. The zero-order valence-electron chi connectivity index (χ0n) is 20.3. The van der Waals surface area contributed by atoms with Crippen LogP contribution >= 0.6 is 0 Å². The van der Waals surface area contributed by atoms with E-state index in [9.17, 15) is 9.59 Å². The minimum Gasteiger partial charge on any atom is -0.497 e. The van der Waals surface area contributed by atoms with E-state index in [2.05, 4.69) is 16.3 Å². The van der Waals surface area contributed by atoms with E-state index in [1.54, 1.807) is 26.2 Å². The number of likely N-dealkylation sites (tertiary alicyclic amines) is 1. The Morgan fingerprint density at radius 1 is 1.03 bits per heavy atom. The average molecular weight is 470 g/mol. The number of nitrogens with one attached hydrogen (secondary N) is 1. The molecule has 1 N–H and O–H groups in total. The minimum absolute atomic E-state index is 0.270. The van der Waals surface area contributed by atoms with Crippen molar-refractivity contribution in [1.29, 1.82) is 0 Å². The Kier molecular flexibility index (Phi) is 9.30.